The molecule has 0 radical (unpaired) electrons. The summed E-state index contributed by atoms with van der Waals surface area (Å²) in [6.07, 6.45) is 4.84. The SMILES string of the molecule is Cc1ccc(N2CN=C3N(C2)C(=S)C2(C#N)CN(c4ccc(C)c(C)c4)CC3(C#N)C23CCCCC3)cc1C. The fourth-order valence-electron chi connectivity index (χ4n) is 7.71. The average Bonchev–Trinajstić information content (AvgIpc) is 2.95. The topological polar surface area (TPSA) is 69.7 Å². The van der Waals surface area contributed by atoms with E-state index < -0.39 is 16.2 Å². The Balaban J connectivity index is 1.52. The molecule has 3 fully saturated rings. The summed E-state index contributed by atoms with van der Waals surface area (Å²) in [5.41, 5.74) is 4.64. The molecule has 2 atom stereocenters. The number of fused-ring (bicyclic) bond motifs is 2. The van der Waals surface area contributed by atoms with Crippen molar-refractivity contribution >= 4 is 34.4 Å². The second-order valence-electron chi connectivity index (χ2n) is 12.1. The van der Waals surface area contributed by atoms with Crippen LogP contribution in [0.2, 0.25) is 0 Å². The maximum Gasteiger partial charge on any atom is 0.140 e. The van der Waals surface area contributed by atoms with Gasteiger partial charge in [0.05, 0.1) is 18.8 Å². The lowest BCUT2D eigenvalue weighted by atomic mass is 9.42. The van der Waals surface area contributed by atoms with Crippen LogP contribution in [0.5, 0.6) is 0 Å². The molecule has 3 heterocycles. The van der Waals surface area contributed by atoms with Crippen molar-refractivity contribution in [2.24, 2.45) is 21.2 Å². The van der Waals surface area contributed by atoms with Crippen LogP contribution in [0.4, 0.5) is 11.4 Å². The van der Waals surface area contributed by atoms with Gasteiger partial charge in [-0.2, -0.15) is 10.5 Å². The van der Waals surface area contributed by atoms with Crippen molar-refractivity contribution in [3.05, 3.63) is 58.7 Å². The van der Waals surface area contributed by atoms with Crippen LogP contribution in [0, 0.1) is 66.6 Å². The third kappa shape index (κ3) is 3.42. The van der Waals surface area contributed by atoms with Gasteiger partial charge in [0, 0.05) is 29.9 Å². The van der Waals surface area contributed by atoms with Crippen LogP contribution in [0.15, 0.2) is 41.4 Å². The second-order valence-corrected chi connectivity index (χ2v) is 12.5. The van der Waals surface area contributed by atoms with E-state index in [2.05, 4.69) is 90.9 Å². The molecule has 3 aliphatic heterocycles. The molecule has 39 heavy (non-hydrogen) atoms. The van der Waals surface area contributed by atoms with Gasteiger partial charge in [-0.1, -0.05) is 43.6 Å². The molecule has 1 aliphatic carbocycles. The van der Waals surface area contributed by atoms with E-state index >= 15 is 0 Å². The first-order valence-corrected chi connectivity index (χ1v) is 14.5. The highest BCUT2D eigenvalue weighted by atomic mass is 32.1. The van der Waals surface area contributed by atoms with Crippen LogP contribution in [0.1, 0.15) is 54.4 Å². The van der Waals surface area contributed by atoms with E-state index in [0.717, 1.165) is 49.3 Å². The van der Waals surface area contributed by atoms with Crippen LogP contribution >= 0.6 is 12.2 Å². The predicted molar refractivity (Wildman–Crippen MR) is 160 cm³/mol. The van der Waals surface area contributed by atoms with Crippen molar-refractivity contribution < 1.29 is 0 Å². The highest BCUT2D eigenvalue weighted by Gasteiger charge is 2.75. The van der Waals surface area contributed by atoms with Gasteiger partial charge in [0.15, 0.2) is 0 Å². The molecule has 2 aromatic rings. The maximum atomic E-state index is 11.2. The summed E-state index contributed by atoms with van der Waals surface area (Å²) in [7, 11) is 0. The third-order valence-electron chi connectivity index (χ3n) is 10.2. The van der Waals surface area contributed by atoms with Gasteiger partial charge in [-0.25, -0.2) is 4.99 Å². The quantitative estimate of drug-likeness (QED) is 0.427. The smallest absolute Gasteiger partial charge is 0.140 e. The average molecular weight is 537 g/mol. The monoisotopic (exact) mass is 536 g/mol. The van der Waals surface area contributed by atoms with Crippen LogP contribution in [0.25, 0.3) is 0 Å². The summed E-state index contributed by atoms with van der Waals surface area (Å²) >= 11 is 6.33. The Bertz CT molecular complexity index is 1470. The molecular weight excluding hydrogens is 500 g/mol. The molecule has 2 aromatic carbocycles. The number of hydrogen-bond donors (Lipinski definition) is 0. The van der Waals surface area contributed by atoms with Crippen molar-refractivity contribution in [3.63, 3.8) is 0 Å². The van der Waals surface area contributed by atoms with Gasteiger partial charge in [-0.3, -0.25) is 0 Å². The summed E-state index contributed by atoms with van der Waals surface area (Å²) in [6, 6.07) is 18.5. The van der Waals surface area contributed by atoms with Crippen LogP contribution in [0.3, 0.4) is 0 Å². The van der Waals surface area contributed by atoms with Gasteiger partial charge in [-0.15, -0.1) is 0 Å². The second kappa shape index (κ2) is 9.07. The number of aryl methyl sites for hydroxylation is 4. The lowest BCUT2D eigenvalue weighted by Gasteiger charge is -2.68. The minimum absolute atomic E-state index is 0.472. The van der Waals surface area contributed by atoms with E-state index in [0.29, 0.717) is 31.4 Å². The number of amidine groups is 1. The molecule has 6 nitrogen and oxygen atoms in total. The number of nitrogens with zero attached hydrogens (tertiary/aromatic N) is 6. The Morgan fingerprint density at radius 2 is 1.33 bits per heavy atom. The van der Waals surface area contributed by atoms with E-state index in [1.807, 2.05) is 0 Å². The Labute approximate surface area is 237 Å². The summed E-state index contributed by atoms with van der Waals surface area (Å²) < 4.78 is 0. The number of thiocarbonyl (C=S) groups is 1. The Kier molecular flexibility index (Phi) is 6.01. The number of hydrogen-bond acceptors (Lipinski definition) is 6. The maximum absolute atomic E-state index is 11.2. The number of anilines is 2. The lowest BCUT2D eigenvalue weighted by Crippen LogP contribution is -2.79. The van der Waals surface area contributed by atoms with Crippen LogP contribution in [-0.4, -0.2) is 42.2 Å². The molecule has 0 N–H and O–H groups in total. The summed E-state index contributed by atoms with van der Waals surface area (Å²) in [5, 5.41) is 22.3. The van der Waals surface area contributed by atoms with Gasteiger partial charge in [0.25, 0.3) is 0 Å². The molecule has 2 bridgehead atoms. The fourth-order valence-corrected chi connectivity index (χ4v) is 8.16. The van der Waals surface area contributed by atoms with Crippen molar-refractivity contribution in [1.29, 1.82) is 10.5 Å². The van der Waals surface area contributed by atoms with Gasteiger partial charge in [-0.05, 0) is 87.1 Å². The fraction of sp³-hybridized carbons (Fsp3) is 0.500. The van der Waals surface area contributed by atoms with Crippen molar-refractivity contribution in [1.82, 2.24) is 4.90 Å². The minimum Gasteiger partial charge on any atom is -0.367 e. The molecule has 1 saturated carbocycles. The zero-order valence-corrected chi connectivity index (χ0v) is 24.2. The van der Waals surface area contributed by atoms with Crippen molar-refractivity contribution in [2.45, 2.75) is 59.8 Å². The Morgan fingerprint density at radius 1 is 0.769 bits per heavy atom. The number of benzene rings is 2. The van der Waals surface area contributed by atoms with Gasteiger partial charge < -0.3 is 14.7 Å². The van der Waals surface area contributed by atoms with E-state index in [1.165, 1.54) is 22.3 Å². The van der Waals surface area contributed by atoms with E-state index in [-0.39, 0.29) is 0 Å². The van der Waals surface area contributed by atoms with Gasteiger partial charge >= 0.3 is 0 Å². The van der Waals surface area contributed by atoms with Crippen molar-refractivity contribution in [3.8, 4) is 12.1 Å². The summed E-state index contributed by atoms with van der Waals surface area (Å²) in [6.45, 7) is 10.5. The number of aliphatic imine (C=N–C) groups is 1. The first kappa shape index (κ1) is 25.8. The molecule has 0 aromatic heterocycles. The van der Waals surface area contributed by atoms with Gasteiger partial charge in [0.2, 0.25) is 0 Å². The first-order chi connectivity index (χ1) is 18.7. The van der Waals surface area contributed by atoms with E-state index in [1.54, 1.807) is 0 Å². The highest BCUT2D eigenvalue weighted by Crippen LogP contribution is 2.67. The Hall–Kier alpha value is -3.42. The van der Waals surface area contributed by atoms with Crippen LogP contribution in [-0.2, 0) is 0 Å². The number of nitriles is 2. The largest absolute Gasteiger partial charge is 0.367 e. The van der Waals surface area contributed by atoms with E-state index in [4.69, 9.17) is 17.2 Å². The zero-order valence-electron chi connectivity index (χ0n) is 23.4. The van der Waals surface area contributed by atoms with Crippen LogP contribution < -0.4 is 9.80 Å². The molecule has 0 amide bonds. The first-order valence-electron chi connectivity index (χ1n) is 14.1. The number of rotatable bonds is 2. The molecule has 2 unspecified atom stereocenters. The summed E-state index contributed by atoms with van der Waals surface area (Å²) in [4.78, 5) is 12.3. The Morgan fingerprint density at radius 3 is 1.90 bits per heavy atom. The van der Waals surface area contributed by atoms with Gasteiger partial charge in [0.1, 0.15) is 28.3 Å². The molecule has 1 spiro atoms. The van der Waals surface area contributed by atoms with E-state index in [9.17, 15) is 10.5 Å². The molecule has 2 saturated heterocycles. The molecule has 7 heteroatoms. The summed E-state index contributed by atoms with van der Waals surface area (Å²) in [5.74, 6) is 0.774. The number of piperidine rings is 2. The molecule has 4 aliphatic rings. The third-order valence-corrected chi connectivity index (χ3v) is 10.8. The normalized spacial score (nSPS) is 27.5. The molecule has 200 valence electrons. The minimum atomic E-state index is -0.958. The molecule has 6 rings (SSSR count). The standard InChI is InChI=1S/C32H36N6S/c1-22-8-10-26(14-24(22)3)36-18-30(16-33)28-35-20-37(27-11-9-23(2)25(4)15-27)21-38(28)29(39)31(17-34,19-36)32(30)12-6-5-7-13-32/h8-11,14-15H,5-7,12-13,18-21H2,1-4H3. The lowest BCUT2D eigenvalue weighted by molar-refractivity contribution is -0.0223. The zero-order chi connectivity index (χ0) is 27.6. The highest BCUT2D eigenvalue weighted by molar-refractivity contribution is 7.80. The molecular formula is C32H36N6S. The van der Waals surface area contributed by atoms with Crippen molar-refractivity contribution in [2.75, 3.05) is 36.2 Å². The predicted octanol–water partition coefficient (Wildman–Crippen LogP) is 6.19.